The predicted molar refractivity (Wildman–Crippen MR) is 69.1 cm³/mol. The molecule has 6 heteroatoms. The summed E-state index contributed by atoms with van der Waals surface area (Å²) >= 11 is 1.56. The number of thioether (sulfide) groups is 1. The number of nitrogens with zero attached hydrogens (tertiary/aromatic N) is 2. The first-order valence-electron chi connectivity index (χ1n) is 5.43. The lowest BCUT2D eigenvalue weighted by Gasteiger charge is -2.27. The molecule has 0 aromatic carbocycles. The van der Waals surface area contributed by atoms with E-state index in [1.807, 2.05) is 31.7 Å². The van der Waals surface area contributed by atoms with Gasteiger partial charge in [0, 0.05) is 36.4 Å². The molecular formula is C11H19N3O2S. The average molecular weight is 257 g/mol. The van der Waals surface area contributed by atoms with Gasteiger partial charge in [-0.05, 0) is 13.8 Å². The van der Waals surface area contributed by atoms with Crippen LogP contribution in [0.1, 0.15) is 19.7 Å². The van der Waals surface area contributed by atoms with E-state index in [9.17, 15) is 4.79 Å². The fourth-order valence-corrected chi connectivity index (χ4v) is 2.52. The predicted octanol–water partition coefficient (Wildman–Crippen LogP) is 0.886. The van der Waals surface area contributed by atoms with Crippen LogP contribution in [0.15, 0.2) is 12.4 Å². The molecule has 0 bridgehead atoms. The highest BCUT2D eigenvalue weighted by Crippen LogP contribution is 2.27. The largest absolute Gasteiger partial charge is 0.480 e. The molecule has 0 aliphatic rings. The summed E-state index contributed by atoms with van der Waals surface area (Å²) in [4.78, 5) is 15.1. The van der Waals surface area contributed by atoms with Crippen LogP contribution in [0, 0.1) is 0 Å². The van der Waals surface area contributed by atoms with Gasteiger partial charge in [-0.15, -0.1) is 0 Å². The molecule has 0 unspecified atom stereocenters. The fraction of sp³-hybridized carbons (Fsp3) is 0.636. The van der Waals surface area contributed by atoms with E-state index < -0.39 is 16.8 Å². The Morgan fingerprint density at radius 3 is 2.82 bits per heavy atom. The molecule has 1 aromatic heterocycles. The topological polar surface area (TPSA) is 81.1 Å². The van der Waals surface area contributed by atoms with E-state index in [4.69, 9.17) is 10.8 Å². The van der Waals surface area contributed by atoms with Crippen molar-refractivity contribution in [1.29, 1.82) is 0 Å². The molecule has 1 rings (SSSR count). The van der Waals surface area contributed by atoms with Crippen molar-refractivity contribution in [2.75, 3.05) is 5.75 Å². The molecule has 0 aliphatic heterocycles. The van der Waals surface area contributed by atoms with Gasteiger partial charge in [0.2, 0.25) is 0 Å². The van der Waals surface area contributed by atoms with E-state index in [1.165, 1.54) is 0 Å². The Labute approximate surface area is 105 Å². The van der Waals surface area contributed by atoms with Crippen LogP contribution in [0.25, 0.3) is 0 Å². The van der Waals surface area contributed by atoms with Gasteiger partial charge in [0.1, 0.15) is 11.9 Å². The Kier molecular flexibility index (Phi) is 4.59. The van der Waals surface area contributed by atoms with Crippen molar-refractivity contribution >= 4 is 17.7 Å². The molecule has 5 nitrogen and oxygen atoms in total. The summed E-state index contributed by atoms with van der Waals surface area (Å²) in [5, 5.41) is 8.89. The van der Waals surface area contributed by atoms with Crippen LogP contribution >= 0.6 is 11.8 Å². The minimum Gasteiger partial charge on any atom is -0.480 e. The summed E-state index contributed by atoms with van der Waals surface area (Å²) in [5.41, 5.74) is 5.64. The fourth-order valence-electron chi connectivity index (χ4n) is 1.43. The maximum Gasteiger partial charge on any atom is 0.321 e. The second kappa shape index (κ2) is 5.55. The van der Waals surface area contributed by atoms with Crippen LogP contribution in [0.2, 0.25) is 0 Å². The van der Waals surface area contributed by atoms with Crippen LogP contribution < -0.4 is 5.73 Å². The number of carboxylic acid groups (broad SMARTS) is 1. The molecule has 0 radical (unpaired) electrons. The van der Waals surface area contributed by atoms with Gasteiger partial charge < -0.3 is 15.4 Å². The number of imidazole rings is 1. The van der Waals surface area contributed by atoms with Gasteiger partial charge in [0.25, 0.3) is 0 Å². The zero-order valence-electron chi connectivity index (χ0n) is 10.4. The molecule has 0 spiro atoms. The van der Waals surface area contributed by atoms with E-state index in [-0.39, 0.29) is 0 Å². The molecule has 1 aromatic rings. The first-order chi connectivity index (χ1) is 7.84. The highest BCUT2D eigenvalue weighted by Gasteiger charge is 2.32. The molecule has 0 fully saturated rings. The monoisotopic (exact) mass is 257 g/mol. The number of aliphatic carboxylic acids is 1. The summed E-state index contributed by atoms with van der Waals surface area (Å²) in [6.45, 7) is 3.71. The highest BCUT2D eigenvalue weighted by atomic mass is 32.2. The Hall–Kier alpha value is -1.01. The number of nitrogens with two attached hydrogens (primary N) is 1. The van der Waals surface area contributed by atoms with Gasteiger partial charge in [-0.1, -0.05) is 0 Å². The summed E-state index contributed by atoms with van der Waals surface area (Å²) in [7, 11) is 1.95. The number of hydrogen-bond acceptors (Lipinski definition) is 4. The van der Waals surface area contributed by atoms with Crippen LogP contribution in [-0.2, 0) is 18.3 Å². The van der Waals surface area contributed by atoms with Crippen LogP contribution in [0.5, 0.6) is 0 Å². The second-order valence-electron chi connectivity index (χ2n) is 4.47. The van der Waals surface area contributed by atoms with Crippen molar-refractivity contribution in [3.05, 3.63) is 18.2 Å². The van der Waals surface area contributed by atoms with Crippen LogP contribution in [0.3, 0.4) is 0 Å². The van der Waals surface area contributed by atoms with Gasteiger partial charge in [0.15, 0.2) is 0 Å². The lowest BCUT2D eigenvalue weighted by Crippen LogP contribution is -2.46. The Morgan fingerprint density at radius 1 is 1.71 bits per heavy atom. The number of carboxylic acids is 1. The van der Waals surface area contributed by atoms with E-state index >= 15 is 0 Å². The Morgan fingerprint density at radius 2 is 2.35 bits per heavy atom. The minimum absolute atomic E-state index is 0.475. The molecule has 1 heterocycles. The first kappa shape index (κ1) is 14.1. The summed E-state index contributed by atoms with van der Waals surface area (Å²) in [6, 6.07) is -0.853. The van der Waals surface area contributed by atoms with E-state index in [0.717, 1.165) is 18.0 Å². The van der Waals surface area contributed by atoms with Gasteiger partial charge in [-0.3, -0.25) is 4.79 Å². The minimum atomic E-state index is -0.959. The van der Waals surface area contributed by atoms with Gasteiger partial charge in [-0.25, -0.2) is 4.98 Å². The van der Waals surface area contributed by atoms with Crippen molar-refractivity contribution in [2.24, 2.45) is 12.8 Å². The molecule has 0 saturated carbocycles. The Balaban J connectivity index is 2.45. The van der Waals surface area contributed by atoms with Gasteiger partial charge in [-0.2, -0.15) is 11.8 Å². The van der Waals surface area contributed by atoms with Crippen LogP contribution in [0.4, 0.5) is 0 Å². The zero-order chi connectivity index (χ0) is 13.1. The third kappa shape index (κ3) is 3.74. The third-order valence-electron chi connectivity index (χ3n) is 2.74. The molecule has 0 amide bonds. The SMILES string of the molecule is Cn1ccnc1CCSC(C)(C)[C@@H](N)C(=O)O. The number of carbonyl (C=O) groups is 1. The lowest BCUT2D eigenvalue weighted by atomic mass is 10.1. The molecule has 96 valence electrons. The maximum absolute atomic E-state index is 10.8. The van der Waals surface area contributed by atoms with Crippen molar-refractivity contribution in [3.8, 4) is 0 Å². The number of aryl methyl sites for hydroxylation is 2. The quantitative estimate of drug-likeness (QED) is 0.791. The standard InChI is InChI=1S/C11H19N3O2S/c1-11(2,9(12)10(15)16)17-7-4-8-13-5-6-14(8)3/h5-6,9H,4,7,12H2,1-3H3,(H,15,16)/t9-/m0/s1. The molecule has 17 heavy (non-hydrogen) atoms. The average Bonchev–Trinajstić information content (AvgIpc) is 2.63. The normalized spacial score (nSPS) is 13.6. The molecule has 1 atom stereocenters. The number of hydrogen-bond donors (Lipinski definition) is 2. The number of aromatic nitrogens is 2. The van der Waals surface area contributed by atoms with Crippen molar-refractivity contribution in [1.82, 2.24) is 9.55 Å². The highest BCUT2D eigenvalue weighted by molar-refractivity contribution is 8.00. The van der Waals surface area contributed by atoms with Crippen molar-refractivity contribution in [3.63, 3.8) is 0 Å². The van der Waals surface area contributed by atoms with E-state index in [1.54, 1.807) is 18.0 Å². The Bertz CT molecular complexity index is 390. The summed E-state index contributed by atoms with van der Waals surface area (Å²) in [5.74, 6) is 0.843. The van der Waals surface area contributed by atoms with Crippen LogP contribution in [-0.4, -0.2) is 37.2 Å². The smallest absolute Gasteiger partial charge is 0.321 e. The molecule has 0 aliphatic carbocycles. The second-order valence-corrected chi connectivity index (χ2v) is 6.22. The summed E-state index contributed by atoms with van der Waals surface area (Å²) < 4.78 is 1.49. The number of rotatable bonds is 6. The van der Waals surface area contributed by atoms with Crippen molar-refractivity contribution < 1.29 is 9.90 Å². The van der Waals surface area contributed by atoms with Gasteiger partial charge >= 0.3 is 5.97 Å². The summed E-state index contributed by atoms with van der Waals surface area (Å²) in [6.07, 6.45) is 4.46. The van der Waals surface area contributed by atoms with Gasteiger partial charge in [0.05, 0.1) is 0 Å². The molecule has 0 saturated heterocycles. The maximum atomic E-state index is 10.8. The van der Waals surface area contributed by atoms with Crippen molar-refractivity contribution in [2.45, 2.75) is 31.1 Å². The zero-order valence-corrected chi connectivity index (χ0v) is 11.2. The lowest BCUT2D eigenvalue weighted by molar-refractivity contribution is -0.139. The molecule has 3 N–H and O–H groups in total. The molecular weight excluding hydrogens is 238 g/mol. The van der Waals surface area contributed by atoms with E-state index in [0.29, 0.717) is 0 Å². The third-order valence-corrected chi connectivity index (χ3v) is 4.14. The first-order valence-corrected chi connectivity index (χ1v) is 6.41. The van der Waals surface area contributed by atoms with E-state index in [2.05, 4.69) is 4.98 Å².